The molecule has 2 aliphatic heterocycles. The van der Waals surface area contributed by atoms with Crippen molar-refractivity contribution in [2.24, 2.45) is 0 Å². The van der Waals surface area contributed by atoms with E-state index in [4.69, 9.17) is 28.4 Å². The molecule has 0 amide bonds. The van der Waals surface area contributed by atoms with Gasteiger partial charge in [0.1, 0.15) is 65.5 Å². The van der Waals surface area contributed by atoms with Crippen LogP contribution in [0.2, 0.25) is 0 Å². The molecule has 0 aromatic heterocycles. The Balaban J connectivity index is 1.76. The van der Waals surface area contributed by atoms with Gasteiger partial charge in [-0.15, -0.1) is 0 Å². The number of rotatable bonds is 9. The number of aliphatic hydroxyl groups is 6. The molecule has 1 unspecified atom stereocenters. The second-order valence-electron chi connectivity index (χ2n) is 8.42. The molecule has 10 atom stereocenters. The average molecular weight is 516 g/mol. The van der Waals surface area contributed by atoms with E-state index in [9.17, 15) is 35.4 Å². The number of allylic oxidation sites excluding steroid dienone is 1. The first-order chi connectivity index (χ1) is 17.0. The van der Waals surface area contributed by atoms with Crippen molar-refractivity contribution in [3.8, 4) is 17.2 Å². The fourth-order valence-corrected chi connectivity index (χ4v) is 3.93. The fraction of sp³-hybridized carbons (Fsp3) is 0.609. The third kappa shape index (κ3) is 5.64. The highest BCUT2D eigenvalue weighted by Gasteiger charge is 2.47. The standard InChI is InChI=1S/C23H32O13/c1-5-11(24)15-12(31-3)6-10(7-13(15)32-4)35-23-21(30)19(28)17(26)14(36-23)8-33-22-20(29)18(27)16(25)9(2)34-22/h5-7,9,14,16-23,25-30H,1,8H2,2-4H3/t9-,14+,16-,17+,18+,19-,20+,21+,22-,23?/m0/s1. The molecule has 0 aliphatic carbocycles. The number of carbonyl (C=O) groups excluding carboxylic acids is 1. The molecule has 0 radical (unpaired) electrons. The lowest BCUT2D eigenvalue weighted by molar-refractivity contribution is -0.318. The maximum absolute atomic E-state index is 12.2. The number of ether oxygens (including phenoxy) is 6. The third-order valence-electron chi connectivity index (χ3n) is 6.07. The van der Waals surface area contributed by atoms with Gasteiger partial charge in [-0.25, -0.2) is 0 Å². The predicted molar refractivity (Wildman–Crippen MR) is 120 cm³/mol. The van der Waals surface area contributed by atoms with Gasteiger partial charge in [-0.05, 0) is 13.0 Å². The number of hydrogen-bond donors (Lipinski definition) is 6. The van der Waals surface area contributed by atoms with Crippen LogP contribution in [0.5, 0.6) is 17.2 Å². The number of hydrogen-bond acceptors (Lipinski definition) is 13. The minimum absolute atomic E-state index is 0.0496. The average Bonchev–Trinajstić information content (AvgIpc) is 2.88. The molecule has 0 bridgehead atoms. The van der Waals surface area contributed by atoms with Crippen LogP contribution in [-0.2, 0) is 14.2 Å². The Morgan fingerprint density at radius 2 is 1.44 bits per heavy atom. The molecule has 2 aliphatic rings. The zero-order valence-electron chi connectivity index (χ0n) is 20.0. The molecule has 13 nitrogen and oxygen atoms in total. The van der Waals surface area contributed by atoms with E-state index in [0.29, 0.717) is 0 Å². The van der Waals surface area contributed by atoms with Crippen molar-refractivity contribution >= 4 is 5.78 Å². The molecule has 2 saturated heterocycles. The van der Waals surface area contributed by atoms with Gasteiger partial charge in [0, 0.05) is 12.1 Å². The van der Waals surface area contributed by atoms with E-state index in [1.54, 1.807) is 0 Å². The lowest BCUT2D eigenvalue weighted by Gasteiger charge is -2.42. The first kappa shape index (κ1) is 28.2. The summed E-state index contributed by atoms with van der Waals surface area (Å²) in [5.41, 5.74) is 0.0989. The molecule has 0 spiro atoms. The van der Waals surface area contributed by atoms with Crippen molar-refractivity contribution in [1.29, 1.82) is 0 Å². The molecule has 1 aromatic rings. The van der Waals surface area contributed by atoms with E-state index >= 15 is 0 Å². The largest absolute Gasteiger partial charge is 0.496 e. The van der Waals surface area contributed by atoms with Gasteiger partial charge in [0.25, 0.3) is 0 Å². The van der Waals surface area contributed by atoms with Crippen molar-refractivity contribution in [2.45, 2.75) is 68.3 Å². The van der Waals surface area contributed by atoms with Crippen LogP contribution in [0.25, 0.3) is 0 Å². The molecular weight excluding hydrogens is 484 g/mol. The molecule has 2 heterocycles. The normalized spacial score (nSPS) is 36.7. The molecule has 3 rings (SSSR count). The number of aliphatic hydroxyl groups excluding tert-OH is 6. The SMILES string of the molecule is C=CC(=O)c1c(OC)cc(OC2O[C@H](CO[C@H]3O[C@@H](C)[C@H](O)[C@@H](O)[C@H]3O)[C@@H](O)[C@H](O)[C@H]2O)cc1OC. The summed E-state index contributed by atoms with van der Waals surface area (Å²) in [5.74, 6) is -0.218. The van der Waals surface area contributed by atoms with Gasteiger partial charge in [-0.1, -0.05) is 6.58 Å². The van der Waals surface area contributed by atoms with Gasteiger partial charge in [0.15, 0.2) is 12.1 Å². The van der Waals surface area contributed by atoms with E-state index < -0.39 is 73.8 Å². The van der Waals surface area contributed by atoms with E-state index in [1.165, 1.54) is 33.3 Å². The van der Waals surface area contributed by atoms with Crippen LogP contribution >= 0.6 is 0 Å². The monoisotopic (exact) mass is 516 g/mol. The van der Waals surface area contributed by atoms with E-state index in [1.807, 2.05) is 0 Å². The second kappa shape index (κ2) is 11.8. The van der Waals surface area contributed by atoms with Gasteiger partial charge < -0.3 is 59.1 Å². The third-order valence-corrected chi connectivity index (χ3v) is 6.07. The van der Waals surface area contributed by atoms with E-state index in [-0.39, 0.29) is 22.8 Å². The molecular formula is C23H32O13. The number of carbonyl (C=O) groups is 1. The molecule has 1 aromatic carbocycles. The quantitative estimate of drug-likeness (QED) is 0.158. The number of methoxy groups -OCH3 is 2. The minimum Gasteiger partial charge on any atom is -0.496 e. The highest BCUT2D eigenvalue weighted by molar-refractivity contribution is 6.08. The Morgan fingerprint density at radius 3 is 2.00 bits per heavy atom. The lowest BCUT2D eigenvalue weighted by Crippen LogP contribution is -2.61. The van der Waals surface area contributed by atoms with Crippen LogP contribution in [0, 0.1) is 0 Å². The Hall–Kier alpha value is -2.33. The van der Waals surface area contributed by atoms with Gasteiger partial charge in [-0.2, -0.15) is 0 Å². The number of benzene rings is 1. The zero-order valence-corrected chi connectivity index (χ0v) is 20.0. The van der Waals surface area contributed by atoms with Gasteiger partial charge in [0.05, 0.1) is 26.9 Å². The van der Waals surface area contributed by atoms with Crippen molar-refractivity contribution in [1.82, 2.24) is 0 Å². The summed E-state index contributed by atoms with van der Waals surface area (Å²) in [6.45, 7) is 4.48. The van der Waals surface area contributed by atoms with Gasteiger partial charge in [0.2, 0.25) is 6.29 Å². The summed E-state index contributed by atoms with van der Waals surface area (Å²) in [6, 6.07) is 2.69. The topological polar surface area (TPSA) is 194 Å². The highest BCUT2D eigenvalue weighted by Crippen LogP contribution is 2.36. The summed E-state index contributed by atoms with van der Waals surface area (Å²) in [6.07, 6.45) is -13.3. The van der Waals surface area contributed by atoms with Crippen LogP contribution in [0.15, 0.2) is 24.8 Å². The summed E-state index contributed by atoms with van der Waals surface area (Å²) in [5, 5.41) is 61.0. The second-order valence-corrected chi connectivity index (χ2v) is 8.42. The molecule has 13 heteroatoms. The van der Waals surface area contributed by atoms with Gasteiger partial charge >= 0.3 is 0 Å². The van der Waals surface area contributed by atoms with Crippen LogP contribution in [0.4, 0.5) is 0 Å². The smallest absolute Gasteiger partial charge is 0.229 e. The van der Waals surface area contributed by atoms with Crippen LogP contribution in [0.3, 0.4) is 0 Å². The molecule has 2 fully saturated rings. The first-order valence-corrected chi connectivity index (χ1v) is 11.1. The van der Waals surface area contributed by atoms with Crippen LogP contribution < -0.4 is 14.2 Å². The van der Waals surface area contributed by atoms with Crippen molar-refractivity contribution in [2.75, 3.05) is 20.8 Å². The molecule has 6 N–H and O–H groups in total. The zero-order chi connectivity index (χ0) is 26.7. The van der Waals surface area contributed by atoms with E-state index in [2.05, 4.69) is 6.58 Å². The van der Waals surface area contributed by atoms with Crippen LogP contribution in [-0.4, -0.2) is 119 Å². The van der Waals surface area contributed by atoms with Gasteiger partial charge in [-0.3, -0.25) is 4.79 Å². The summed E-state index contributed by atoms with van der Waals surface area (Å²) >= 11 is 0. The minimum atomic E-state index is -1.70. The Labute approximate surface area is 207 Å². The summed E-state index contributed by atoms with van der Waals surface area (Å²) in [4.78, 5) is 12.2. The molecule has 36 heavy (non-hydrogen) atoms. The molecule has 0 saturated carbocycles. The van der Waals surface area contributed by atoms with Crippen molar-refractivity contribution in [3.05, 3.63) is 30.4 Å². The maximum atomic E-state index is 12.2. The van der Waals surface area contributed by atoms with E-state index in [0.717, 1.165) is 6.08 Å². The first-order valence-electron chi connectivity index (χ1n) is 11.1. The number of ketones is 1. The van der Waals surface area contributed by atoms with Crippen molar-refractivity contribution < 1.29 is 63.9 Å². The highest BCUT2D eigenvalue weighted by atomic mass is 16.7. The fourth-order valence-electron chi connectivity index (χ4n) is 3.93. The summed E-state index contributed by atoms with van der Waals surface area (Å²) in [7, 11) is 2.66. The summed E-state index contributed by atoms with van der Waals surface area (Å²) < 4.78 is 32.6. The molecule has 202 valence electrons. The maximum Gasteiger partial charge on any atom is 0.229 e. The lowest BCUT2D eigenvalue weighted by atomic mass is 9.98. The Kier molecular flexibility index (Phi) is 9.27. The Morgan fingerprint density at radius 1 is 0.889 bits per heavy atom. The van der Waals surface area contributed by atoms with Crippen molar-refractivity contribution in [3.63, 3.8) is 0 Å². The Bertz CT molecular complexity index is 898. The predicted octanol–water partition coefficient (Wildman–Crippen LogP) is -1.90. The van der Waals surface area contributed by atoms with Crippen LogP contribution in [0.1, 0.15) is 17.3 Å².